The summed E-state index contributed by atoms with van der Waals surface area (Å²) in [6.45, 7) is 0.404. The molecule has 23 heteroatoms. The average molecular weight is 799 g/mol. The molecule has 0 saturated carbocycles. The Morgan fingerprint density at radius 2 is 1.33 bits per heavy atom. The zero-order valence-corrected chi connectivity index (χ0v) is 30.1. The number of hydrogen-bond donors (Lipinski definition) is 12. The molecule has 0 bridgehead atoms. The molecule has 0 spiro atoms. The van der Waals surface area contributed by atoms with Gasteiger partial charge in [-0.15, -0.1) is 0 Å². The number of carbonyl (C=O) groups is 8. The Morgan fingerprint density at radius 1 is 0.754 bits per heavy atom. The van der Waals surface area contributed by atoms with E-state index in [2.05, 4.69) is 36.2 Å². The minimum absolute atomic E-state index is 0.0502. The maximum Gasteiger partial charge on any atom is 0.326 e. The smallest absolute Gasteiger partial charge is 0.326 e. The van der Waals surface area contributed by atoms with Crippen LogP contribution in [0, 0.1) is 0 Å². The third-order valence-electron chi connectivity index (χ3n) is 8.10. The number of nitrogens with two attached hydrogens (primary N) is 2. The van der Waals surface area contributed by atoms with E-state index >= 15 is 0 Å². The summed E-state index contributed by atoms with van der Waals surface area (Å²) in [4.78, 5) is 121. The van der Waals surface area contributed by atoms with E-state index in [0.29, 0.717) is 29.7 Å². The van der Waals surface area contributed by atoms with Crippen molar-refractivity contribution in [3.63, 3.8) is 0 Å². The minimum atomic E-state index is -1.88. The summed E-state index contributed by atoms with van der Waals surface area (Å²) in [6, 6.07) is 0.467. The molecule has 0 saturated heterocycles. The quantitative estimate of drug-likeness (QED) is 0.0466. The fraction of sp³-hybridized carbons (Fsp3) is 0.382. The maximum atomic E-state index is 13.0. The molecule has 14 N–H and O–H groups in total. The SMILES string of the molecule is NCCCC[C@H](NC(=O)[C@H](CC(=O)O)NC(=O)[C@H](CC(=O)O)NC(=O)CC[C@H](NC(=O)c1ccc(NCc2cnc3cc(N)[nH]c(=O)c3n2)cc1)C(=O)O)C(=O)O. The van der Waals surface area contributed by atoms with Crippen LogP contribution in [0.3, 0.4) is 0 Å². The molecule has 4 atom stereocenters. The van der Waals surface area contributed by atoms with Crippen molar-refractivity contribution in [1.29, 1.82) is 0 Å². The molecule has 4 amide bonds. The standard InChI is InChI=1S/C34H42N10O13/c35-10-2-1-3-19(33(54)55)42-31(52)23(13-27(48)49)43-30(51)22(12-26(46)47)40-25(45)9-8-20(34(56)57)41-29(50)16-4-6-17(7-5-16)37-14-18-15-38-21-11-24(36)44-32(53)28(21)39-18/h4-7,11,15,19-20,22-23,37H,1-3,8-10,12-14,35H2,(H,40,45)(H,41,50)(H,42,52)(H,43,51)(H,46,47)(H,48,49)(H,54,55)(H,56,57)(H3,36,44,53)/t19-,20-,22-,23-/m0/s1. The van der Waals surface area contributed by atoms with Crippen LogP contribution in [0.25, 0.3) is 11.0 Å². The predicted octanol–water partition coefficient (Wildman–Crippen LogP) is -1.91. The molecule has 0 unspecified atom stereocenters. The van der Waals surface area contributed by atoms with Crippen LogP contribution in [0.2, 0.25) is 0 Å². The van der Waals surface area contributed by atoms with Crippen molar-refractivity contribution in [2.75, 3.05) is 17.6 Å². The zero-order chi connectivity index (χ0) is 42.2. The number of aromatic nitrogens is 3. The average Bonchev–Trinajstić information content (AvgIpc) is 3.14. The molecular weight excluding hydrogens is 756 g/mol. The minimum Gasteiger partial charge on any atom is -0.481 e. The van der Waals surface area contributed by atoms with Gasteiger partial charge in [-0.2, -0.15) is 0 Å². The lowest BCUT2D eigenvalue weighted by Crippen LogP contribution is -2.56. The summed E-state index contributed by atoms with van der Waals surface area (Å²) in [5.74, 6) is -10.3. The molecule has 23 nitrogen and oxygen atoms in total. The van der Waals surface area contributed by atoms with Crippen LogP contribution < -0.4 is 43.6 Å². The van der Waals surface area contributed by atoms with Crippen molar-refractivity contribution >= 4 is 70.0 Å². The number of carbonyl (C=O) groups excluding carboxylic acids is 4. The number of hydrogen-bond acceptors (Lipinski definition) is 14. The number of carboxylic acid groups (broad SMARTS) is 4. The van der Waals surface area contributed by atoms with Crippen LogP contribution in [-0.4, -0.2) is 114 Å². The number of nitrogen functional groups attached to an aromatic ring is 1. The summed E-state index contributed by atoms with van der Waals surface area (Å²) >= 11 is 0. The first-order chi connectivity index (χ1) is 27.0. The lowest BCUT2D eigenvalue weighted by Gasteiger charge is -2.23. The van der Waals surface area contributed by atoms with Gasteiger partial charge in [0, 0.05) is 23.7 Å². The van der Waals surface area contributed by atoms with Crippen molar-refractivity contribution < 1.29 is 58.8 Å². The highest BCUT2D eigenvalue weighted by atomic mass is 16.4. The van der Waals surface area contributed by atoms with Gasteiger partial charge >= 0.3 is 23.9 Å². The van der Waals surface area contributed by atoms with Gasteiger partial charge in [-0.1, -0.05) is 0 Å². The Balaban J connectivity index is 1.59. The van der Waals surface area contributed by atoms with Crippen LogP contribution in [0.15, 0.2) is 41.3 Å². The van der Waals surface area contributed by atoms with Crippen molar-refractivity contribution in [1.82, 2.24) is 36.2 Å². The second-order valence-corrected chi connectivity index (χ2v) is 12.5. The van der Waals surface area contributed by atoms with Gasteiger partial charge in [0.1, 0.15) is 30.0 Å². The molecule has 2 aromatic heterocycles. The Bertz CT molecular complexity index is 2040. The second kappa shape index (κ2) is 21.1. The normalized spacial score (nSPS) is 12.9. The van der Waals surface area contributed by atoms with Gasteiger partial charge in [0.2, 0.25) is 17.7 Å². The van der Waals surface area contributed by atoms with E-state index in [-0.39, 0.29) is 36.4 Å². The molecule has 0 aliphatic rings. The summed E-state index contributed by atoms with van der Waals surface area (Å²) in [6.07, 6.45) is -1.07. The summed E-state index contributed by atoms with van der Waals surface area (Å²) in [5, 5.41) is 49.4. The van der Waals surface area contributed by atoms with Crippen LogP contribution in [0.5, 0.6) is 0 Å². The van der Waals surface area contributed by atoms with E-state index in [1.807, 2.05) is 5.32 Å². The summed E-state index contributed by atoms with van der Waals surface area (Å²) < 4.78 is 0. The third-order valence-corrected chi connectivity index (χ3v) is 8.10. The number of nitrogens with one attached hydrogen (secondary N) is 6. The fourth-order valence-corrected chi connectivity index (χ4v) is 5.20. The van der Waals surface area contributed by atoms with Crippen LogP contribution in [0.4, 0.5) is 11.5 Å². The molecule has 1 aromatic carbocycles. The maximum absolute atomic E-state index is 13.0. The Kier molecular flexibility index (Phi) is 16.3. The molecule has 0 aliphatic carbocycles. The fourth-order valence-electron chi connectivity index (χ4n) is 5.20. The molecule has 0 radical (unpaired) electrons. The number of nitrogens with zero attached hydrogens (tertiary/aromatic N) is 2. The largest absolute Gasteiger partial charge is 0.481 e. The first-order valence-corrected chi connectivity index (χ1v) is 17.3. The number of unbranched alkanes of at least 4 members (excludes halogenated alkanes) is 1. The third kappa shape index (κ3) is 14.2. The molecule has 3 rings (SSSR count). The van der Waals surface area contributed by atoms with Crippen molar-refractivity contribution in [2.45, 2.75) is 75.7 Å². The first-order valence-electron chi connectivity index (χ1n) is 17.3. The topological polar surface area (TPSA) is 388 Å². The van der Waals surface area contributed by atoms with E-state index in [0.717, 1.165) is 0 Å². The molecular formula is C34H42N10O13. The second-order valence-electron chi connectivity index (χ2n) is 12.5. The number of aliphatic carboxylic acids is 4. The van der Waals surface area contributed by atoms with Gasteiger partial charge in [0.05, 0.1) is 36.8 Å². The number of carboxylic acids is 4. The number of fused-ring (bicyclic) bond motifs is 1. The van der Waals surface area contributed by atoms with Gasteiger partial charge in [-0.25, -0.2) is 14.6 Å². The number of rotatable bonds is 23. The Morgan fingerprint density at radius 3 is 1.91 bits per heavy atom. The number of anilines is 2. The van der Waals surface area contributed by atoms with Gasteiger partial charge in [-0.05, 0) is 56.5 Å². The van der Waals surface area contributed by atoms with E-state index in [1.54, 1.807) is 0 Å². The molecule has 57 heavy (non-hydrogen) atoms. The van der Waals surface area contributed by atoms with E-state index in [4.69, 9.17) is 11.5 Å². The van der Waals surface area contributed by atoms with E-state index < -0.39 is 103 Å². The van der Waals surface area contributed by atoms with Gasteiger partial charge in [0.25, 0.3) is 11.5 Å². The van der Waals surface area contributed by atoms with Crippen molar-refractivity contribution in [2.24, 2.45) is 5.73 Å². The number of benzene rings is 1. The summed E-state index contributed by atoms with van der Waals surface area (Å²) in [7, 11) is 0. The predicted molar refractivity (Wildman–Crippen MR) is 197 cm³/mol. The van der Waals surface area contributed by atoms with Crippen LogP contribution in [-0.2, 0) is 40.1 Å². The number of H-pyrrole nitrogens is 1. The van der Waals surface area contributed by atoms with E-state index in [1.165, 1.54) is 36.5 Å². The molecule has 0 aliphatic heterocycles. The number of aromatic amines is 1. The number of pyridine rings is 1. The summed E-state index contributed by atoms with van der Waals surface area (Å²) in [5.41, 5.74) is 11.9. The van der Waals surface area contributed by atoms with Gasteiger partial charge < -0.3 is 63.5 Å². The highest BCUT2D eigenvalue weighted by molar-refractivity contribution is 5.98. The van der Waals surface area contributed by atoms with Crippen molar-refractivity contribution in [3.05, 3.63) is 58.1 Å². The number of amides is 4. The van der Waals surface area contributed by atoms with Gasteiger partial charge in [0.15, 0.2) is 5.52 Å². The highest BCUT2D eigenvalue weighted by Gasteiger charge is 2.32. The van der Waals surface area contributed by atoms with Crippen molar-refractivity contribution in [3.8, 4) is 0 Å². The van der Waals surface area contributed by atoms with E-state index in [9.17, 15) is 63.6 Å². The molecule has 3 aromatic rings. The monoisotopic (exact) mass is 798 g/mol. The lowest BCUT2D eigenvalue weighted by atomic mass is 10.1. The molecule has 0 fully saturated rings. The van der Waals surface area contributed by atoms with Gasteiger partial charge in [-0.3, -0.25) is 38.5 Å². The van der Waals surface area contributed by atoms with Crippen LogP contribution >= 0.6 is 0 Å². The lowest BCUT2D eigenvalue weighted by molar-refractivity contribution is -0.145. The first kappa shape index (κ1) is 44.2. The zero-order valence-electron chi connectivity index (χ0n) is 30.1. The highest BCUT2D eigenvalue weighted by Crippen LogP contribution is 2.13. The van der Waals surface area contributed by atoms with Crippen LogP contribution in [0.1, 0.15) is 61.0 Å². The molecule has 306 valence electrons. The Hall–Kier alpha value is -7.17. The Labute approximate surface area is 322 Å². The molecule has 2 heterocycles.